The zero-order chi connectivity index (χ0) is 13.7. The maximum Gasteiger partial charge on any atom is 0.148 e. The Morgan fingerprint density at radius 3 is 2.63 bits per heavy atom. The molecule has 0 aliphatic carbocycles. The van der Waals surface area contributed by atoms with Gasteiger partial charge in [-0.25, -0.2) is 20.2 Å². The average molecular weight is 261 g/mol. The van der Waals surface area contributed by atoms with Gasteiger partial charge in [-0.2, -0.15) is 0 Å². The molecule has 2 rings (SSSR count). The Hall–Kier alpha value is -2.21. The Morgan fingerprint density at radius 2 is 1.95 bits per heavy atom. The number of aromatic nitrogens is 2. The number of hydrogen-bond acceptors (Lipinski definition) is 5. The molecule has 19 heavy (non-hydrogen) atoms. The molecular formula is C13H16FN5. The molecule has 0 spiro atoms. The van der Waals surface area contributed by atoms with Crippen LogP contribution in [0.5, 0.6) is 0 Å². The van der Waals surface area contributed by atoms with Crippen LogP contribution in [0.15, 0.2) is 30.6 Å². The standard InChI is InChI=1S/C13H16FN5/c1-2-10-12(17-8-18-13(10)19-15)16-7-9-5-3-4-6-11(9)14/h3-6,8H,2,7,15H2,1H3,(H2,16,17,18,19). The number of nitrogens with one attached hydrogen (secondary N) is 2. The van der Waals surface area contributed by atoms with Gasteiger partial charge in [0.05, 0.1) is 0 Å². The van der Waals surface area contributed by atoms with Gasteiger partial charge in [0.15, 0.2) is 0 Å². The number of nitrogens with zero attached hydrogens (tertiary/aromatic N) is 2. The van der Waals surface area contributed by atoms with E-state index in [1.807, 2.05) is 6.92 Å². The number of halogens is 1. The largest absolute Gasteiger partial charge is 0.365 e. The second-order valence-electron chi connectivity index (χ2n) is 3.99. The van der Waals surface area contributed by atoms with Crippen molar-refractivity contribution in [1.82, 2.24) is 9.97 Å². The van der Waals surface area contributed by atoms with Gasteiger partial charge < -0.3 is 10.7 Å². The molecule has 0 atom stereocenters. The number of nitrogen functional groups attached to an aromatic ring is 1. The van der Waals surface area contributed by atoms with Gasteiger partial charge in [-0.15, -0.1) is 0 Å². The number of anilines is 2. The van der Waals surface area contributed by atoms with E-state index < -0.39 is 0 Å². The highest BCUT2D eigenvalue weighted by Gasteiger charge is 2.09. The van der Waals surface area contributed by atoms with E-state index in [9.17, 15) is 4.39 Å². The van der Waals surface area contributed by atoms with Crippen molar-refractivity contribution in [3.63, 3.8) is 0 Å². The molecule has 2 aromatic rings. The number of benzene rings is 1. The second-order valence-corrected chi connectivity index (χ2v) is 3.99. The molecule has 0 unspecified atom stereocenters. The Labute approximate surface area is 111 Å². The van der Waals surface area contributed by atoms with Crippen molar-refractivity contribution < 1.29 is 4.39 Å². The van der Waals surface area contributed by atoms with Crippen LogP contribution in [0.3, 0.4) is 0 Å². The van der Waals surface area contributed by atoms with E-state index in [1.165, 1.54) is 12.4 Å². The lowest BCUT2D eigenvalue weighted by Crippen LogP contribution is -2.14. The highest BCUT2D eigenvalue weighted by molar-refractivity contribution is 5.56. The molecule has 0 aliphatic heterocycles. The van der Waals surface area contributed by atoms with Crippen LogP contribution in [0, 0.1) is 5.82 Å². The Kier molecular flexibility index (Phi) is 4.25. The topological polar surface area (TPSA) is 75.9 Å². The quantitative estimate of drug-likeness (QED) is 0.567. The van der Waals surface area contributed by atoms with E-state index in [1.54, 1.807) is 18.2 Å². The molecular weight excluding hydrogens is 245 g/mol. The number of hydrogen-bond donors (Lipinski definition) is 3. The minimum atomic E-state index is -0.237. The molecule has 0 aliphatic rings. The first-order chi connectivity index (χ1) is 9.26. The minimum Gasteiger partial charge on any atom is -0.365 e. The van der Waals surface area contributed by atoms with Gasteiger partial charge in [-0.1, -0.05) is 25.1 Å². The molecule has 0 saturated carbocycles. The van der Waals surface area contributed by atoms with Crippen molar-refractivity contribution >= 4 is 11.6 Å². The zero-order valence-corrected chi connectivity index (χ0v) is 10.7. The van der Waals surface area contributed by atoms with E-state index in [-0.39, 0.29) is 5.82 Å². The Balaban J connectivity index is 2.18. The van der Waals surface area contributed by atoms with Crippen LogP contribution in [0.2, 0.25) is 0 Å². The fourth-order valence-electron chi connectivity index (χ4n) is 1.84. The maximum absolute atomic E-state index is 13.5. The number of rotatable bonds is 5. The summed E-state index contributed by atoms with van der Waals surface area (Å²) >= 11 is 0. The second kappa shape index (κ2) is 6.10. The lowest BCUT2D eigenvalue weighted by molar-refractivity contribution is 0.613. The molecule has 1 aromatic heterocycles. The van der Waals surface area contributed by atoms with Crippen molar-refractivity contribution in [2.24, 2.45) is 5.84 Å². The number of nitrogens with two attached hydrogens (primary N) is 1. The van der Waals surface area contributed by atoms with Gasteiger partial charge in [0.1, 0.15) is 23.8 Å². The summed E-state index contributed by atoms with van der Waals surface area (Å²) in [6, 6.07) is 6.63. The fourth-order valence-corrected chi connectivity index (χ4v) is 1.84. The zero-order valence-electron chi connectivity index (χ0n) is 10.7. The third-order valence-corrected chi connectivity index (χ3v) is 2.84. The summed E-state index contributed by atoms with van der Waals surface area (Å²) in [5.74, 6) is 6.40. The summed E-state index contributed by atoms with van der Waals surface area (Å²) < 4.78 is 13.5. The van der Waals surface area contributed by atoms with Crippen LogP contribution in [0.1, 0.15) is 18.1 Å². The highest BCUT2D eigenvalue weighted by atomic mass is 19.1. The first-order valence-electron chi connectivity index (χ1n) is 6.04. The molecule has 1 heterocycles. The van der Waals surface area contributed by atoms with Gasteiger partial charge in [0.25, 0.3) is 0 Å². The third kappa shape index (κ3) is 2.97. The smallest absolute Gasteiger partial charge is 0.148 e. The SMILES string of the molecule is CCc1c(NN)ncnc1NCc1ccccc1F. The summed E-state index contributed by atoms with van der Waals surface area (Å²) in [6.07, 6.45) is 2.14. The molecule has 0 bridgehead atoms. The van der Waals surface area contributed by atoms with Crippen LogP contribution < -0.4 is 16.6 Å². The van der Waals surface area contributed by atoms with Crippen LogP contribution >= 0.6 is 0 Å². The van der Waals surface area contributed by atoms with Gasteiger partial charge in [0.2, 0.25) is 0 Å². The average Bonchev–Trinajstić information content (AvgIpc) is 2.45. The summed E-state index contributed by atoms with van der Waals surface area (Å²) in [5, 5.41) is 3.11. The molecule has 5 nitrogen and oxygen atoms in total. The highest BCUT2D eigenvalue weighted by Crippen LogP contribution is 2.20. The molecule has 6 heteroatoms. The lowest BCUT2D eigenvalue weighted by atomic mass is 10.2. The lowest BCUT2D eigenvalue weighted by Gasteiger charge is -2.12. The van der Waals surface area contributed by atoms with E-state index in [0.29, 0.717) is 23.7 Å². The van der Waals surface area contributed by atoms with Gasteiger partial charge in [0, 0.05) is 17.7 Å². The van der Waals surface area contributed by atoms with Gasteiger partial charge in [-0.3, -0.25) is 0 Å². The van der Waals surface area contributed by atoms with Crippen molar-refractivity contribution in [2.75, 3.05) is 10.7 Å². The van der Waals surface area contributed by atoms with Crippen molar-refractivity contribution in [2.45, 2.75) is 19.9 Å². The summed E-state index contributed by atoms with van der Waals surface area (Å²) in [7, 11) is 0. The predicted molar refractivity (Wildman–Crippen MR) is 72.9 cm³/mol. The molecule has 100 valence electrons. The van der Waals surface area contributed by atoms with E-state index in [0.717, 1.165) is 12.0 Å². The van der Waals surface area contributed by atoms with Crippen LogP contribution in [-0.4, -0.2) is 9.97 Å². The Bertz CT molecular complexity index is 558. The van der Waals surface area contributed by atoms with Crippen LogP contribution in [-0.2, 0) is 13.0 Å². The summed E-state index contributed by atoms with van der Waals surface area (Å²) in [6.45, 7) is 2.34. The third-order valence-electron chi connectivity index (χ3n) is 2.84. The summed E-state index contributed by atoms with van der Waals surface area (Å²) in [5.41, 5.74) is 4.00. The molecule has 1 aromatic carbocycles. The van der Waals surface area contributed by atoms with Crippen molar-refractivity contribution in [3.8, 4) is 0 Å². The first kappa shape index (κ1) is 13.2. The summed E-state index contributed by atoms with van der Waals surface area (Å²) in [4.78, 5) is 8.20. The maximum atomic E-state index is 13.5. The molecule has 0 saturated heterocycles. The Morgan fingerprint density at radius 1 is 1.21 bits per heavy atom. The van der Waals surface area contributed by atoms with E-state index in [2.05, 4.69) is 20.7 Å². The minimum absolute atomic E-state index is 0.237. The normalized spacial score (nSPS) is 10.3. The fraction of sp³-hybridized carbons (Fsp3) is 0.231. The monoisotopic (exact) mass is 261 g/mol. The van der Waals surface area contributed by atoms with E-state index >= 15 is 0 Å². The van der Waals surface area contributed by atoms with Crippen LogP contribution in [0.25, 0.3) is 0 Å². The predicted octanol–water partition coefficient (Wildman–Crippen LogP) is 2.08. The molecule has 0 fully saturated rings. The molecule has 0 radical (unpaired) electrons. The van der Waals surface area contributed by atoms with Crippen molar-refractivity contribution in [1.29, 1.82) is 0 Å². The van der Waals surface area contributed by atoms with Crippen LogP contribution in [0.4, 0.5) is 16.0 Å². The van der Waals surface area contributed by atoms with Crippen molar-refractivity contribution in [3.05, 3.63) is 47.5 Å². The molecule has 0 amide bonds. The van der Waals surface area contributed by atoms with Gasteiger partial charge in [-0.05, 0) is 12.5 Å². The molecule has 4 N–H and O–H groups in total. The first-order valence-corrected chi connectivity index (χ1v) is 6.04. The number of hydrazine groups is 1. The van der Waals surface area contributed by atoms with Gasteiger partial charge >= 0.3 is 0 Å². The van der Waals surface area contributed by atoms with E-state index in [4.69, 9.17) is 5.84 Å².